The van der Waals surface area contributed by atoms with E-state index in [1.807, 2.05) is 36.8 Å². The van der Waals surface area contributed by atoms with Gasteiger partial charge in [0, 0.05) is 22.9 Å². The van der Waals surface area contributed by atoms with Crippen LogP contribution in [0.25, 0.3) is 0 Å². The van der Waals surface area contributed by atoms with E-state index >= 15 is 0 Å². The molecule has 1 atom stereocenters. The van der Waals surface area contributed by atoms with Gasteiger partial charge in [-0.3, -0.25) is 0 Å². The van der Waals surface area contributed by atoms with Gasteiger partial charge in [-0.05, 0) is 31.2 Å². The molecule has 1 aromatic heterocycles. The number of nitrogens with zero attached hydrogens (tertiary/aromatic N) is 2. The summed E-state index contributed by atoms with van der Waals surface area (Å²) in [5.74, 6) is 0. The molecule has 0 radical (unpaired) electrons. The van der Waals surface area contributed by atoms with Gasteiger partial charge in [-0.15, -0.1) is 11.3 Å². The number of aliphatic hydroxyl groups excluding tert-OH is 1. The molecule has 0 amide bonds. The van der Waals surface area contributed by atoms with Gasteiger partial charge in [0.2, 0.25) is 0 Å². The third-order valence-corrected chi connectivity index (χ3v) is 4.06. The smallest absolute Gasteiger partial charge is 0.0802 e. The van der Waals surface area contributed by atoms with Crippen LogP contribution in [0.1, 0.15) is 23.8 Å². The molecule has 1 heterocycles. The Morgan fingerprint density at radius 3 is 3.00 bits per heavy atom. The van der Waals surface area contributed by atoms with E-state index in [0.29, 0.717) is 0 Å². The Balaban J connectivity index is 1.81. The fraction of sp³-hybridized carbons (Fsp3) is 0.357. The largest absolute Gasteiger partial charge is 0.388 e. The molecule has 0 spiro atoms. The second kappa shape index (κ2) is 7.14. The first kappa shape index (κ1) is 14.7. The monoisotopic (exact) mass is 340 g/mol. The molecular formula is C14H17BrN2OS. The summed E-state index contributed by atoms with van der Waals surface area (Å²) in [6, 6.07) is 7.83. The summed E-state index contributed by atoms with van der Waals surface area (Å²) >= 11 is 5.03. The van der Waals surface area contributed by atoms with Gasteiger partial charge < -0.3 is 10.0 Å². The topological polar surface area (TPSA) is 36.4 Å². The third kappa shape index (κ3) is 4.69. The van der Waals surface area contributed by atoms with Crippen molar-refractivity contribution in [1.29, 1.82) is 0 Å². The highest BCUT2D eigenvalue weighted by Crippen LogP contribution is 2.21. The van der Waals surface area contributed by atoms with Crippen molar-refractivity contribution in [2.45, 2.75) is 19.1 Å². The van der Waals surface area contributed by atoms with E-state index < -0.39 is 6.10 Å². The number of halogens is 1. The second-order valence-electron chi connectivity index (χ2n) is 4.58. The summed E-state index contributed by atoms with van der Waals surface area (Å²) in [5, 5.41) is 12.2. The third-order valence-electron chi connectivity index (χ3n) is 2.93. The number of hydrogen-bond acceptors (Lipinski definition) is 4. The lowest BCUT2D eigenvalue weighted by Gasteiger charge is -2.18. The zero-order valence-corrected chi connectivity index (χ0v) is 13.2. The van der Waals surface area contributed by atoms with Gasteiger partial charge in [0.1, 0.15) is 0 Å². The predicted octanol–water partition coefficient (Wildman–Crippen LogP) is 3.46. The highest BCUT2D eigenvalue weighted by atomic mass is 79.9. The second-order valence-corrected chi connectivity index (χ2v) is 6.21. The fourth-order valence-electron chi connectivity index (χ4n) is 1.89. The van der Waals surface area contributed by atoms with Gasteiger partial charge in [-0.1, -0.05) is 28.1 Å². The zero-order chi connectivity index (χ0) is 13.7. The van der Waals surface area contributed by atoms with E-state index in [4.69, 9.17) is 0 Å². The molecule has 1 N–H and O–H groups in total. The summed E-state index contributed by atoms with van der Waals surface area (Å²) in [4.78, 5) is 6.44. The molecule has 0 aliphatic heterocycles. The van der Waals surface area contributed by atoms with Crippen LogP contribution in [0.5, 0.6) is 0 Å². The maximum Gasteiger partial charge on any atom is 0.0802 e. The summed E-state index contributed by atoms with van der Waals surface area (Å²) in [7, 11) is 2.05. The average Bonchev–Trinajstić information content (AvgIpc) is 2.88. The fourth-order valence-corrected chi connectivity index (χ4v) is 2.86. The highest BCUT2D eigenvalue weighted by Gasteiger charge is 2.10. The van der Waals surface area contributed by atoms with Crippen LogP contribution in [0.2, 0.25) is 0 Å². The zero-order valence-electron chi connectivity index (χ0n) is 10.8. The lowest BCUT2D eigenvalue weighted by molar-refractivity contribution is 0.147. The van der Waals surface area contributed by atoms with Crippen LogP contribution in [0, 0.1) is 0 Å². The van der Waals surface area contributed by atoms with E-state index in [2.05, 4.69) is 31.2 Å². The quantitative estimate of drug-likeness (QED) is 0.874. The highest BCUT2D eigenvalue weighted by molar-refractivity contribution is 9.10. The first-order chi connectivity index (χ1) is 9.15. The van der Waals surface area contributed by atoms with Gasteiger partial charge in [0.05, 0.1) is 17.3 Å². The molecular weight excluding hydrogens is 324 g/mol. The Kier molecular flexibility index (Phi) is 5.51. The molecule has 1 aromatic carbocycles. The first-order valence-electron chi connectivity index (χ1n) is 6.14. The van der Waals surface area contributed by atoms with Crippen molar-refractivity contribution in [2.75, 3.05) is 13.6 Å². The van der Waals surface area contributed by atoms with Gasteiger partial charge in [0.25, 0.3) is 0 Å². The van der Waals surface area contributed by atoms with Crippen LogP contribution in [0.3, 0.4) is 0 Å². The molecule has 0 aliphatic carbocycles. The van der Waals surface area contributed by atoms with E-state index in [0.717, 1.165) is 35.2 Å². The summed E-state index contributed by atoms with van der Waals surface area (Å²) in [6.07, 6.45) is 0.298. The summed E-state index contributed by atoms with van der Waals surface area (Å²) in [6.45, 7) is 1.67. The van der Waals surface area contributed by atoms with Crippen molar-refractivity contribution >= 4 is 27.3 Å². The van der Waals surface area contributed by atoms with Crippen molar-refractivity contribution in [3.8, 4) is 0 Å². The number of hydrogen-bond donors (Lipinski definition) is 1. The lowest BCUT2D eigenvalue weighted by Crippen LogP contribution is -2.21. The Bertz CT molecular complexity index is 504. The van der Waals surface area contributed by atoms with E-state index in [1.54, 1.807) is 11.3 Å². The molecule has 2 aromatic rings. The standard InChI is InChI=1S/C14H17BrN2OS/c1-17(8-13-9-19-10-16-13)6-5-14(18)11-3-2-4-12(15)7-11/h2-4,7,9-10,14,18H,5-6,8H2,1H3. The SMILES string of the molecule is CN(CCC(O)c1cccc(Br)c1)Cc1cscn1. The minimum atomic E-state index is -0.421. The number of thiazole rings is 1. The molecule has 0 aliphatic rings. The van der Waals surface area contributed by atoms with Gasteiger partial charge in [-0.2, -0.15) is 0 Å². The van der Waals surface area contributed by atoms with Crippen LogP contribution in [-0.4, -0.2) is 28.6 Å². The molecule has 0 fully saturated rings. The molecule has 19 heavy (non-hydrogen) atoms. The first-order valence-corrected chi connectivity index (χ1v) is 7.88. The van der Waals surface area contributed by atoms with Gasteiger partial charge in [0.15, 0.2) is 0 Å². The molecule has 2 rings (SSSR count). The minimum absolute atomic E-state index is 0.421. The van der Waals surface area contributed by atoms with E-state index in [9.17, 15) is 5.11 Å². The molecule has 0 bridgehead atoms. The molecule has 5 heteroatoms. The molecule has 1 unspecified atom stereocenters. The van der Waals surface area contributed by atoms with Crippen molar-refractivity contribution in [2.24, 2.45) is 0 Å². The van der Waals surface area contributed by atoms with Gasteiger partial charge in [-0.25, -0.2) is 4.98 Å². The maximum absolute atomic E-state index is 10.2. The van der Waals surface area contributed by atoms with Crippen LogP contribution in [0.15, 0.2) is 39.6 Å². The molecule has 3 nitrogen and oxygen atoms in total. The van der Waals surface area contributed by atoms with Crippen molar-refractivity contribution in [3.05, 3.63) is 50.9 Å². The number of benzene rings is 1. The number of rotatable bonds is 6. The van der Waals surface area contributed by atoms with Crippen LogP contribution < -0.4 is 0 Å². The Labute approximate surface area is 126 Å². The normalized spacial score (nSPS) is 12.8. The lowest BCUT2D eigenvalue weighted by atomic mass is 10.1. The molecule has 0 saturated carbocycles. The van der Waals surface area contributed by atoms with E-state index in [1.165, 1.54) is 0 Å². The minimum Gasteiger partial charge on any atom is -0.388 e. The molecule has 102 valence electrons. The number of aromatic nitrogens is 1. The Hall–Kier alpha value is -0.750. The predicted molar refractivity (Wildman–Crippen MR) is 82.2 cm³/mol. The van der Waals surface area contributed by atoms with Crippen molar-refractivity contribution in [1.82, 2.24) is 9.88 Å². The van der Waals surface area contributed by atoms with E-state index in [-0.39, 0.29) is 0 Å². The summed E-state index contributed by atoms with van der Waals surface area (Å²) in [5.41, 5.74) is 3.89. The number of aliphatic hydroxyl groups is 1. The Morgan fingerprint density at radius 1 is 1.47 bits per heavy atom. The van der Waals surface area contributed by atoms with Crippen molar-refractivity contribution < 1.29 is 5.11 Å². The van der Waals surface area contributed by atoms with Crippen molar-refractivity contribution in [3.63, 3.8) is 0 Å². The molecule has 0 saturated heterocycles. The average molecular weight is 341 g/mol. The van der Waals surface area contributed by atoms with Crippen LogP contribution in [0.4, 0.5) is 0 Å². The van der Waals surface area contributed by atoms with Gasteiger partial charge >= 0.3 is 0 Å². The Morgan fingerprint density at radius 2 is 2.32 bits per heavy atom. The van der Waals surface area contributed by atoms with Crippen LogP contribution >= 0.6 is 27.3 Å². The maximum atomic E-state index is 10.2. The van der Waals surface area contributed by atoms with Crippen LogP contribution in [-0.2, 0) is 6.54 Å². The summed E-state index contributed by atoms with van der Waals surface area (Å²) < 4.78 is 1.000.